The van der Waals surface area contributed by atoms with Gasteiger partial charge in [0.2, 0.25) is 11.8 Å². The number of nitrogens with zero attached hydrogens (tertiary/aromatic N) is 2. The van der Waals surface area contributed by atoms with Gasteiger partial charge in [0.25, 0.3) is 10.0 Å². The number of carbonyl (C=O) groups is 2. The van der Waals surface area contributed by atoms with Gasteiger partial charge in [0.05, 0.1) is 10.6 Å². The summed E-state index contributed by atoms with van der Waals surface area (Å²) in [5, 5.41) is 4.06. The number of anilines is 1. The molecule has 0 radical (unpaired) electrons. The fourth-order valence-electron chi connectivity index (χ4n) is 5.23. The minimum atomic E-state index is -4.16. The zero-order valence-corrected chi connectivity index (χ0v) is 26.5. The highest BCUT2D eigenvalue weighted by Crippen LogP contribution is 2.30. The van der Waals surface area contributed by atoms with Crippen molar-refractivity contribution in [1.82, 2.24) is 10.2 Å². The summed E-state index contributed by atoms with van der Waals surface area (Å²) < 4.78 is 29.2. The number of carbonyl (C=O) groups excluding carboxylic acids is 2. The third-order valence-corrected chi connectivity index (χ3v) is 9.92. The zero-order chi connectivity index (χ0) is 30.4. The average Bonchev–Trinajstić information content (AvgIpc) is 2.95. The number of rotatable bonds is 10. The molecular weight excluding hydrogens is 593 g/mol. The summed E-state index contributed by atoms with van der Waals surface area (Å²) in [4.78, 5) is 29.1. The van der Waals surface area contributed by atoms with Crippen molar-refractivity contribution < 1.29 is 18.0 Å². The Labute approximate surface area is 258 Å². The molecule has 0 heterocycles. The highest BCUT2D eigenvalue weighted by atomic mass is 35.5. The van der Waals surface area contributed by atoms with E-state index in [4.69, 9.17) is 23.2 Å². The van der Waals surface area contributed by atoms with Gasteiger partial charge in [-0.1, -0.05) is 72.3 Å². The molecule has 1 N–H and O–H groups in total. The van der Waals surface area contributed by atoms with Gasteiger partial charge in [0.1, 0.15) is 12.6 Å². The van der Waals surface area contributed by atoms with E-state index in [0.717, 1.165) is 47.5 Å². The maximum absolute atomic E-state index is 14.1. The molecule has 0 aliphatic heterocycles. The molecule has 1 aliphatic rings. The minimum absolute atomic E-state index is 0.0553. The summed E-state index contributed by atoms with van der Waals surface area (Å²) >= 11 is 12.4. The van der Waals surface area contributed by atoms with Crippen LogP contribution in [0.5, 0.6) is 0 Å². The van der Waals surface area contributed by atoms with Crippen LogP contribution in [0.15, 0.2) is 71.6 Å². The van der Waals surface area contributed by atoms with E-state index in [2.05, 4.69) is 5.32 Å². The second kappa shape index (κ2) is 13.9. The lowest BCUT2D eigenvalue weighted by atomic mass is 9.95. The van der Waals surface area contributed by atoms with E-state index in [-0.39, 0.29) is 23.4 Å². The first-order valence-electron chi connectivity index (χ1n) is 14.2. The molecule has 1 fully saturated rings. The van der Waals surface area contributed by atoms with Crippen molar-refractivity contribution in [3.63, 3.8) is 0 Å². The van der Waals surface area contributed by atoms with Crippen molar-refractivity contribution in [2.45, 2.75) is 76.4 Å². The number of amides is 2. The summed E-state index contributed by atoms with van der Waals surface area (Å²) in [6.07, 6.45) is 5.06. The molecule has 7 nitrogen and oxygen atoms in total. The van der Waals surface area contributed by atoms with Gasteiger partial charge in [-0.3, -0.25) is 13.9 Å². The summed E-state index contributed by atoms with van der Waals surface area (Å²) in [5.74, 6) is -0.792. The third-order valence-electron chi connectivity index (χ3n) is 7.68. The van der Waals surface area contributed by atoms with Gasteiger partial charge in [-0.15, -0.1) is 0 Å². The van der Waals surface area contributed by atoms with E-state index >= 15 is 0 Å². The van der Waals surface area contributed by atoms with Crippen molar-refractivity contribution in [2.75, 3.05) is 10.8 Å². The van der Waals surface area contributed by atoms with Crippen LogP contribution in [-0.2, 0) is 26.2 Å². The molecule has 1 aliphatic carbocycles. The molecule has 4 rings (SSSR count). The molecule has 3 aromatic rings. The molecule has 1 unspecified atom stereocenters. The Kier molecular flexibility index (Phi) is 10.6. The molecule has 10 heteroatoms. The van der Waals surface area contributed by atoms with Crippen molar-refractivity contribution in [2.24, 2.45) is 0 Å². The topological polar surface area (TPSA) is 86.8 Å². The van der Waals surface area contributed by atoms with Gasteiger partial charge >= 0.3 is 0 Å². The summed E-state index contributed by atoms with van der Waals surface area (Å²) in [6.45, 7) is 4.85. The molecule has 1 atom stereocenters. The van der Waals surface area contributed by atoms with Crippen LogP contribution in [0.25, 0.3) is 0 Å². The van der Waals surface area contributed by atoms with Gasteiger partial charge in [0, 0.05) is 22.6 Å². The number of benzene rings is 3. The molecule has 0 saturated heterocycles. The fraction of sp³-hybridized carbons (Fsp3) is 0.375. The Bertz CT molecular complexity index is 1520. The van der Waals surface area contributed by atoms with Crippen LogP contribution in [0.1, 0.15) is 55.7 Å². The Morgan fingerprint density at radius 1 is 0.929 bits per heavy atom. The number of hydrogen-bond acceptors (Lipinski definition) is 4. The smallest absolute Gasteiger partial charge is 0.264 e. The van der Waals surface area contributed by atoms with Gasteiger partial charge in [0.15, 0.2) is 0 Å². The highest BCUT2D eigenvalue weighted by molar-refractivity contribution is 7.92. The van der Waals surface area contributed by atoms with Gasteiger partial charge in [-0.25, -0.2) is 8.42 Å². The fourth-order valence-corrected chi connectivity index (χ4v) is 7.15. The number of halogens is 2. The third kappa shape index (κ3) is 7.85. The second-order valence-corrected chi connectivity index (χ2v) is 13.7. The maximum atomic E-state index is 14.1. The summed E-state index contributed by atoms with van der Waals surface area (Å²) in [6, 6.07) is 17.6. The first-order valence-corrected chi connectivity index (χ1v) is 16.3. The quantitative estimate of drug-likeness (QED) is 0.271. The van der Waals surface area contributed by atoms with Gasteiger partial charge < -0.3 is 10.2 Å². The van der Waals surface area contributed by atoms with E-state index in [1.54, 1.807) is 62.4 Å². The Balaban J connectivity index is 1.70. The standard InChI is InChI=1S/C32H37Cl2N3O4S/c1-22-12-15-29(16-13-22)42(40,41)37(30-17-14-27(34)18-23(30)2)21-31(38)36(20-25-8-7-9-26(33)19-25)24(3)32(39)35-28-10-5-4-6-11-28/h7-9,12-19,24,28H,4-6,10-11,20-21H2,1-3H3,(H,35,39). The van der Waals surface area contributed by atoms with Crippen LogP contribution in [0.3, 0.4) is 0 Å². The Hall–Kier alpha value is -3.07. The van der Waals surface area contributed by atoms with Crippen LogP contribution in [0.4, 0.5) is 5.69 Å². The SMILES string of the molecule is Cc1ccc(S(=O)(=O)N(CC(=O)N(Cc2cccc(Cl)c2)C(C)C(=O)NC2CCCCC2)c2ccc(Cl)cc2C)cc1. The minimum Gasteiger partial charge on any atom is -0.352 e. The van der Waals surface area contributed by atoms with Crippen LogP contribution >= 0.6 is 23.2 Å². The molecule has 42 heavy (non-hydrogen) atoms. The van der Waals surface area contributed by atoms with Gasteiger partial charge in [-0.05, 0) is 87.2 Å². The van der Waals surface area contributed by atoms with E-state index in [1.165, 1.54) is 17.0 Å². The van der Waals surface area contributed by atoms with E-state index in [9.17, 15) is 18.0 Å². The Morgan fingerprint density at radius 3 is 2.24 bits per heavy atom. The monoisotopic (exact) mass is 629 g/mol. The molecule has 224 valence electrons. The number of hydrogen-bond donors (Lipinski definition) is 1. The number of nitrogens with one attached hydrogen (secondary N) is 1. The first-order chi connectivity index (χ1) is 20.0. The summed E-state index contributed by atoms with van der Waals surface area (Å²) in [5.41, 5.74) is 2.55. The molecule has 1 saturated carbocycles. The predicted molar refractivity (Wildman–Crippen MR) is 168 cm³/mol. The van der Waals surface area contributed by atoms with Crippen LogP contribution in [0, 0.1) is 13.8 Å². The van der Waals surface area contributed by atoms with Crippen molar-refractivity contribution in [3.8, 4) is 0 Å². The van der Waals surface area contributed by atoms with Crippen LogP contribution < -0.4 is 9.62 Å². The lowest BCUT2D eigenvalue weighted by Gasteiger charge is -2.33. The molecule has 2 amide bonds. The molecular formula is C32H37Cl2N3O4S. The molecule has 3 aromatic carbocycles. The average molecular weight is 631 g/mol. The highest BCUT2D eigenvalue weighted by Gasteiger charge is 2.33. The lowest BCUT2D eigenvalue weighted by molar-refractivity contribution is -0.139. The Morgan fingerprint density at radius 2 is 1.60 bits per heavy atom. The first kappa shape index (κ1) is 31.9. The normalized spacial score (nSPS) is 14.7. The maximum Gasteiger partial charge on any atom is 0.264 e. The molecule has 0 aromatic heterocycles. The summed E-state index contributed by atoms with van der Waals surface area (Å²) in [7, 11) is -4.16. The van der Waals surface area contributed by atoms with E-state index in [1.807, 2.05) is 13.0 Å². The largest absolute Gasteiger partial charge is 0.352 e. The van der Waals surface area contributed by atoms with Gasteiger partial charge in [-0.2, -0.15) is 0 Å². The van der Waals surface area contributed by atoms with E-state index < -0.39 is 28.5 Å². The number of aryl methyl sites for hydroxylation is 2. The lowest BCUT2D eigenvalue weighted by Crippen LogP contribution is -2.53. The molecule has 0 spiro atoms. The van der Waals surface area contributed by atoms with E-state index in [0.29, 0.717) is 21.3 Å². The van der Waals surface area contributed by atoms with Crippen molar-refractivity contribution in [1.29, 1.82) is 0 Å². The van der Waals surface area contributed by atoms with Crippen molar-refractivity contribution >= 4 is 50.7 Å². The predicted octanol–water partition coefficient (Wildman–Crippen LogP) is 6.67. The number of sulfonamides is 1. The van der Waals surface area contributed by atoms with Crippen molar-refractivity contribution in [3.05, 3.63) is 93.5 Å². The van der Waals surface area contributed by atoms with Crippen LogP contribution in [0.2, 0.25) is 10.0 Å². The molecule has 0 bridgehead atoms. The second-order valence-electron chi connectivity index (χ2n) is 10.9. The van der Waals surface area contributed by atoms with Crippen LogP contribution in [-0.4, -0.2) is 43.8 Å². The zero-order valence-electron chi connectivity index (χ0n) is 24.1.